The number of phenols is 3. The molecule has 7 N–H and O–H groups in total. The van der Waals surface area contributed by atoms with Crippen molar-refractivity contribution in [3.05, 3.63) is 94.8 Å². The Labute approximate surface area is 313 Å². The van der Waals surface area contributed by atoms with E-state index in [0.717, 1.165) is 40.1 Å². The average molecular weight is 787 g/mol. The second-order valence-electron chi connectivity index (χ2n) is 10.3. The summed E-state index contributed by atoms with van der Waals surface area (Å²) in [7, 11) is 11.0. The topological polar surface area (TPSA) is 225 Å². The zero-order chi connectivity index (χ0) is 37.4. The Morgan fingerprint density at radius 1 is 0.731 bits per heavy atom. The van der Waals surface area contributed by atoms with Gasteiger partial charge in [0.15, 0.2) is 0 Å². The molecule has 0 saturated carbocycles. The van der Waals surface area contributed by atoms with Gasteiger partial charge in [-0.05, 0) is 89.0 Å². The first-order valence-corrected chi connectivity index (χ1v) is 17.4. The minimum atomic E-state index is -1.67. The monoisotopic (exact) mass is 785 g/mol. The summed E-state index contributed by atoms with van der Waals surface area (Å²) in [5.74, 6) is -1.01. The number of esters is 2. The molecule has 0 radical (unpaired) electrons. The van der Waals surface area contributed by atoms with Crippen molar-refractivity contribution in [1.29, 1.82) is 0 Å². The van der Waals surface area contributed by atoms with Gasteiger partial charge in [0.2, 0.25) is 9.23 Å². The van der Waals surface area contributed by atoms with E-state index in [1.54, 1.807) is 54.7 Å². The highest BCUT2D eigenvalue weighted by Crippen LogP contribution is 2.23. The van der Waals surface area contributed by atoms with Gasteiger partial charge < -0.3 is 45.6 Å². The molecular weight excluding hydrogens is 741 g/mol. The molecule has 6 rings (SSSR count). The number of aromatic nitrogens is 1. The number of hydrogen-bond acceptors (Lipinski definition) is 13. The molecule has 1 aromatic heterocycles. The molecule has 14 nitrogen and oxygen atoms in total. The van der Waals surface area contributed by atoms with E-state index >= 15 is 0 Å². The molecule has 0 fully saturated rings. The number of aliphatic carboxylic acids is 1. The van der Waals surface area contributed by atoms with Crippen LogP contribution in [0.1, 0.15) is 47.6 Å². The van der Waals surface area contributed by atoms with Crippen LogP contribution in [0.15, 0.2) is 66.9 Å². The smallest absolute Gasteiger partial charge is 0.356 e. The quantitative estimate of drug-likeness (QED) is 0.110. The predicted molar refractivity (Wildman–Crippen MR) is 201 cm³/mol. The molecule has 2 aliphatic heterocycles. The van der Waals surface area contributed by atoms with Crippen molar-refractivity contribution in [2.45, 2.75) is 52.9 Å². The molecule has 17 heteroatoms. The van der Waals surface area contributed by atoms with E-state index in [1.807, 2.05) is 12.1 Å². The van der Waals surface area contributed by atoms with Gasteiger partial charge in [-0.3, -0.25) is 9.59 Å². The largest absolute Gasteiger partial charge is 0.508 e. The van der Waals surface area contributed by atoms with Gasteiger partial charge in [-0.15, -0.1) is 0 Å². The molecular formula is C35H45Cl2N3O11S. The maximum absolute atomic E-state index is 11.3. The van der Waals surface area contributed by atoms with Crippen LogP contribution < -0.4 is 10.6 Å². The SMILES string of the molecule is C.C.CO.COC(=O)C1Cc2cc(O)ccc2CN1.COC(=O)c1cc2cc(O)ccc2cn1.O=C(O)C1Cc2cc(O)ccc2CN1.O=S(Cl)Cl. The number of carboxylic acid groups (broad SMARTS) is 1. The van der Waals surface area contributed by atoms with Crippen molar-refractivity contribution in [1.82, 2.24) is 15.6 Å². The molecule has 0 saturated heterocycles. The molecule has 3 aromatic carbocycles. The predicted octanol–water partition coefficient (Wildman–Crippen LogP) is 4.72. The number of carbonyl (C=O) groups excluding carboxylic acids is 2. The summed E-state index contributed by atoms with van der Waals surface area (Å²) >= 11 is 0. The van der Waals surface area contributed by atoms with Gasteiger partial charge in [0.25, 0.3) is 0 Å². The zero-order valence-corrected chi connectivity index (χ0v) is 29.5. The molecule has 286 valence electrons. The molecule has 0 spiro atoms. The fourth-order valence-corrected chi connectivity index (χ4v) is 4.83. The lowest BCUT2D eigenvalue weighted by atomic mass is 9.95. The fraction of sp³-hybridized carbons (Fsp3) is 0.314. The van der Waals surface area contributed by atoms with Crippen LogP contribution in [-0.4, -0.2) is 86.0 Å². The normalized spacial score (nSPS) is 14.8. The molecule has 0 amide bonds. The van der Waals surface area contributed by atoms with E-state index in [2.05, 4.69) is 46.5 Å². The molecule has 52 heavy (non-hydrogen) atoms. The number of halogens is 2. The van der Waals surface area contributed by atoms with Crippen LogP contribution in [-0.2, 0) is 54.2 Å². The van der Waals surface area contributed by atoms with Crippen LogP contribution in [0.5, 0.6) is 17.2 Å². The Hall–Kier alpha value is -4.51. The second kappa shape index (κ2) is 23.9. The third kappa shape index (κ3) is 15.0. The van der Waals surface area contributed by atoms with Crippen LogP contribution in [0.25, 0.3) is 10.8 Å². The Bertz CT molecular complexity index is 1790. The highest BCUT2D eigenvalue weighted by molar-refractivity contribution is 8.26. The lowest BCUT2D eigenvalue weighted by Crippen LogP contribution is -2.42. The Morgan fingerprint density at radius 3 is 1.67 bits per heavy atom. The maximum Gasteiger partial charge on any atom is 0.356 e. The van der Waals surface area contributed by atoms with Crippen LogP contribution in [0, 0.1) is 0 Å². The van der Waals surface area contributed by atoms with Crippen LogP contribution in [0.2, 0.25) is 0 Å². The lowest BCUT2D eigenvalue weighted by Gasteiger charge is -2.24. The highest BCUT2D eigenvalue weighted by atomic mass is 36.0. The fourth-order valence-electron chi connectivity index (χ4n) is 4.83. The van der Waals surface area contributed by atoms with Gasteiger partial charge in [0.1, 0.15) is 35.0 Å². The number of nitrogens with one attached hydrogen (secondary N) is 2. The van der Waals surface area contributed by atoms with Crippen molar-refractivity contribution < 1.29 is 53.6 Å². The minimum Gasteiger partial charge on any atom is -0.508 e. The summed E-state index contributed by atoms with van der Waals surface area (Å²) < 4.78 is 18.3. The van der Waals surface area contributed by atoms with E-state index in [0.29, 0.717) is 25.9 Å². The maximum atomic E-state index is 11.3. The molecule has 0 bridgehead atoms. The Kier molecular flexibility index (Phi) is 21.8. The van der Waals surface area contributed by atoms with Gasteiger partial charge >= 0.3 is 17.9 Å². The molecule has 4 aromatic rings. The number of aliphatic hydroxyl groups is 1. The van der Waals surface area contributed by atoms with Crippen molar-refractivity contribution in [3.63, 3.8) is 0 Å². The number of fused-ring (bicyclic) bond motifs is 3. The van der Waals surface area contributed by atoms with Crippen molar-refractivity contribution in [2.75, 3.05) is 21.3 Å². The zero-order valence-electron chi connectivity index (χ0n) is 27.1. The van der Waals surface area contributed by atoms with E-state index < -0.39 is 27.2 Å². The summed E-state index contributed by atoms with van der Waals surface area (Å²) in [5.41, 5.74) is 4.32. The number of aromatic hydroxyl groups is 3. The van der Waals surface area contributed by atoms with Crippen LogP contribution >= 0.6 is 21.4 Å². The van der Waals surface area contributed by atoms with E-state index in [-0.39, 0.29) is 49.8 Å². The Balaban J connectivity index is 0.000000684. The number of benzene rings is 3. The summed E-state index contributed by atoms with van der Waals surface area (Å²) in [6.45, 7) is 1.18. The van der Waals surface area contributed by atoms with Gasteiger partial charge in [-0.25, -0.2) is 14.0 Å². The van der Waals surface area contributed by atoms with Crippen molar-refractivity contribution >= 4 is 59.3 Å². The number of nitrogens with zero attached hydrogens (tertiary/aromatic N) is 1. The van der Waals surface area contributed by atoms with Gasteiger partial charge in [0, 0.05) is 53.1 Å². The molecule has 3 heterocycles. The number of ether oxygens (including phenoxy) is 2. The average Bonchev–Trinajstić information content (AvgIpc) is 3.11. The van der Waals surface area contributed by atoms with E-state index in [4.69, 9.17) is 14.4 Å². The van der Waals surface area contributed by atoms with Crippen molar-refractivity contribution in [3.8, 4) is 17.2 Å². The summed E-state index contributed by atoms with van der Waals surface area (Å²) in [6, 6.07) is 15.9. The molecule has 2 unspecified atom stereocenters. The highest BCUT2D eigenvalue weighted by Gasteiger charge is 2.25. The summed E-state index contributed by atoms with van der Waals surface area (Å²) in [5, 5.41) is 51.3. The number of aliphatic hydroxyl groups excluding tert-OH is 1. The first kappa shape index (κ1) is 47.5. The van der Waals surface area contributed by atoms with Gasteiger partial charge in [-0.2, -0.15) is 0 Å². The first-order valence-electron chi connectivity index (χ1n) is 14.6. The third-order valence-electron chi connectivity index (χ3n) is 7.19. The van der Waals surface area contributed by atoms with Crippen molar-refractivity contribution in [2.24, 2.45) is 0 Å². The molecule has 0 aliphatic carbocycles. The molecule has 2 atom stereocenters. The number of hydrogen-bond donors (Lipinski definition) is 7. The van der Waals surface area contributed by atoms with Gasteiger partial charge in [-0.1, -0.05) is 27.0 Å². The molecule has 2 aliphatic rings. The minimum absolute atomic E-state index is 0. The summed E-state index contributed by atoms with van der Waals surface area (Å²) in [4.78, 5) is 37.2. The lowest BCUT2D eigenvalue weighted by molar-refractivity contribution is -0.143. The number of methoxy groups -OCH3 is 2. The van der Waals surface area contributed by atoms with Gasteiger partial charge in [0.05, 0.1) is 14.2 Å². The van der Waals surface area contributed by atoms with E-state index in [9.17, 15) is 29.7 Å². The third-order valence-corrected chi connectivity index (χ3v) is 7.19. The number of phenolic OH excluding ortho intramolecular Hbond substituents is 3. The van der Waals surface area contributed by atoms with E-state index in [1.165, 1.54) is 14.2 Å². The second-order valence-corrected chi connectivity index (χ2v) is 12.8. The number of rotatable bonds is 3. The first-order chi connectivity index (χ1) is 23.8. The number of carboxylic acids is 1. The Morgan fingerprint density at radius 2 is 1.19 bits per heavy atom. The number of carbonyl (C=O) groups is 3. The standard InChI is InChI=1S/C11H13NO3.C11H9NO3.C10H11NO3.CH4O.2CH4.Cl2OS/c2*1-15-11(14)10-5-8-4-9(13)3-2-7(8)6-12-10;12-8-2-1-6-5-11-9(10(13)14)4-7(6)3-8;1-2;;;1-4(2)3/h2-4,10,12-13H,5-6H2,1H3;2-6,13H,1H3;1-3,9,11-12H,4-5H2,(H,13,14);2H,1H3;2*1H4;. The number of pyridine rings is 1. The summed E-state index contributed by atoms with van der Waals surface area (Å²) in [6.07, 6.45) is 2.57. The van der Waals surface area contributed by atoms with Crippen LogP contribution in [0.3, 0.4) is 0 Å². The van der Waals surface area contributed by atoms with Crippen LogP contribution in [0.4, 0.5) is 0 Å².